The van der Waals surface area contributed by atoms with E-state index < -0.39 is 0 Å². The van der Waals surface area contributed by atoms with Gasteiger partial charge in [0.25, 0.3) is 5.91 Å². The summed E-state index contributed by atoms with van der Waals surface area (Å²) in [7, 11) is 1.84. The van der Waals surface area contributed by atoms with Gasteiger partial charge in [-0.1, -0.05) is 12.1 Å². The average Bonchev–Trinajstić information content (AvgIpc) is 3.34. The van der Waals surface area contributed by atoms with Crippen LogP contribution in [0.4, 0.5) is 4.39 Å². The van der Waals surface area contributed by atoms with Crippen molar-refractivity contribution in [1.82, 2.24) is 14.7 Å². The minimum Gasteiger partial charge on any atom is -0.396 e. The number of amides is 1. The molecular formula is C26H30FN3O2. The Balaban J connectivity index is 1.56. The number of halogens is 1. The lowest BCUT2D eigenvalue weighted by Gasteiger charge is -2.15. The number of carbonyl (C=O) groups excluding carboxylic acids is 1. The second-order valence-electron chi connectivity index (χ2n) is 8.68. The number of fused-ring (bicyclic) bond motifs is 1. The number of rotatable bonds is 8. The molecule has 2 aromatic carbocycles. The number of aromatic nitrogens is 2. The molecule has 168 valence electrons. The fourth-order valence-corrected chi connectivity index (χ4v) is 4.45. The molecule has 0 fully saturated rings. The molecule has 1 aliphatic rings. The first-order valence-corrected chi connectivity index (χ1v) is 11.2. The van der Waals surface area contributed by atoms with E-state index >= 15 is 0 Å². The van der Waals surface area contributed by atoms with E-state index in [0.717, 1.165) is 58.3 Å². The maximum atomic E-state index is 14.9. The maximum Gasteiger partial charge on any atom is 0.254 e. The van der Waals surface area contributed by atoms with Crippen molar-refractivity contribution in [2.45, 2.75) is 46.1 Å². The zero-order valence-electron chi connectivity index (χ0n) is 19.0. The minimum absolute atomic E-state index is 0.0549. The normalized spacial score (nSPS) is 13.2. The number of carbonyl (C=O) groups is 1. The zero-order chi connectivity index (χ0) is 22.8. The third-order valence-corrected chi connectivity index (χ3v) is 6.54. The number of nitrogens with zero attached hydrogens (tertiary/aromatic N) is 3. The van der Waals surface area contributed by atoms with Crippen molar-refractivity contribution in [2.75, 3.05) is 13.2 Å². The molecule has 0 radical (unpaired) electrons. The Bertz CT molecular complexity index is 1150. The van der Waals surface area contributed by atoms with Crippen molar-refractivity contribution in [3.05, 3.63) is 75.7 Å². The van der Waals surface area contributed by atoms with Crippen molar-refractivity contribution < 1.29 is 14.3 Å². The SMILES string of the molecule is Cc1c(Cc2ccc(-c3ccn(C)n3)cc2F)cc2c(c1C)CN(CCCCCO)C2=O. The number of aliphatic hydroxyl groups excluding tert-OH is 1. The number of benzene rings is 2. The predicted octanol–water partition coefficient (Wildman–Crippen LogP) is 4.55. The Kier molecular flexibility index (Phi) is 6.42. The number of aryl methyl sites for hydroxylation is 1. The highest BCUT2D eigenvalue weighted by Crippen LogP contribution is 2.32. The topological polar surface area (TPSA) is 58.4 Å². The van der Waals surface area contributed by atoms with Crippen molar-refractivity contribution in [2.24, 2.45) is 7.05 Å². The van der Waals surface area contributed by atoms with E-state index in [1.54, 1.807) is 4.68 Å². The summed E-state index contributed by atoms with van der Waals surface area (Å²) < 4.78 is 16.6. The summed E-state index contributed by atoms with van der Waals surface area (Å²) in [4.78, 5) is 14.9. The quantitative estimate of drug-likeness (QED) is 0.528. The van der Waals surface area contributed by atoms with Gasteiger partial charge in [0.15, 0.2) is 0 Å². The van der Waals surface area contributed by atoms with Gasteiger partial charge in [-0.2, -0.15) is 5.10 Å². The molecule has 1 N–H and O–H groups in total. The molecule has 4 rings (SSSR count). The Morgan fingerprint density at radius 2 is 1.88 bits per heavy atom. The Morgan fingerprint density at radius 1 is 1.06 bits per heavy atom. The van der Waals surface area contributed by atoms with Gasteiger partial charge in [-0.25, -0.2) is 4.39 Å². The lowest BCUT2D eigenvalue weighted by molar-refractivity contribution is 0.0775. The van der Waals surface area contributed by atoms with Crippen LogP contribution in [0.5, 0.6) is 0 Å². The Labute approximate surface area is 188 Å². The van der Waals surface area contributed by atoms with Gasteiger partial charge in [0, 0.05) is 50.5 Å². The molecule has 0 aliphatic carbocycles. The fraction of sp³-hybridized carbons (Fsp3) is 0.385. The van der Waals surface area contributed by atoms with Crippen molar-refractivity contribution in [3.63, 3.8) is 0 Å². The molecule has 0 spiro atoms. The van der Waals surface area contributed by atoms with Crippen LogP contribution >= 0.6 is 0 Å². The first-order valence-electron chi connectivity index (χ1n) is 11.2. The van der Waals surface area contributed by atoms with E-state index in [-0.39, 0.29) is 18.3 Å². The predicted molar refractivity (Wildman–Crippen MR) is 123 cm³/mol. The number of hydrogen-bond donors (Lipinski definition) is 1. The number of unbranched alkanes of at least 4 members (excludes halogenated alkanes) is 2. The highest BCUT2D eigenvalue weighted by atomic mass is 19.1. The van der Waals surface area contributed by atoms with Crippen molar-refractivity contribution in [1.29, 1.82) is 0 Å². The molecule has 0 bridgehead atoms. The van der Waals surface area contributed by atoms with E-state index in [1.807, 2.05) is 42.4 Å². The van der Waals surface area contributed by atoms with E-state index in [4.69, 9.17) is 5.11 Å². The molecule has 0 unspecified atom stereocenters. The summed E-state index contributed by atoms with van der Waals surface area (Å²) in [6, 6.07) is 9.07. The summed E-state index contributed by atoms with van der Waals surface area (Å²) >= 11 is 0. The molecule has 32 heavy (non-hydrogen) atoms. The van der Waals surface area contributed by atoms with Crippen LogP contribution in [-0.4, -0.2) is 38.8 Å². The summed E-state index contributed by atoms with van der Waals surface area (Å²) in [6.45, 7) is 5.63. The first-order chi connectivity index (χ1) is 15.4. The zero-order valence-corrected chi connectivity index (χ0v) is 19.0. The molecule has 0 saturated heterocycles. The molecule has 6 heteroatoms. The second-order valence-corrected chi connectivity index (χ2v) is 8.68. The van der Waals surface area contributed by atoms with Crippen LogP contribution in [0.3, 0.4) is 0 Å². The summed E-state index contributed by atoms with van der Waals surface area (Å²) in [6.07, 6.45) is 4.84. The van der Waals surface area contributed by atoms with Gasteiger partial charge in [0.05, 0.1) is 5.69 Å². The Hall–Kier alpha value is -2.99. The molecule has 0 atom stereocenters. The minimum atomic E-state index is -0.262. The molecule has 2 heterocycles. The van der Waals surface area contributed by atoms with E-state index in [0.29, 0.717) is 25.1 Å². The average molecular weight is 436 g/mol. The van der Waals surface area contributed by atoms with Crippen LogP contribution in [-0.2, 0) is 20.0 Å². The standard InChI is InChI=1S/C26H30FN3O2/c1-17-18(2)23-16-30(10-5-4-6-12-31)26(32)22(23)14-21(17)13-19-7-8-20(15-24(19)27)25-9-11-29(3)28-25/h7-9,11,14-15,31H,4-6,10,12-13,16H2,1-3H3. The van der Waals surface area contributed by atoms with Crippen LogP contribution in [0.25, 0.3) is 11.3 Å². The highest BCUT2D eigenvalue weighted by Gasteiger charge is 2.30. The number of hydrogen-bond acceptors (Lipinski definition) is 3. The van der Waals surface area contributed by atoms with Crippen LogP contribution in [0.2, 0.25) is 0 Å². The Morgan fingerprint density at radius 3 is 2.56 bits per heavy atom. The summed E-state index contributed by atoms with van der Waals surface area (Å²) in [5, 5.41) is 13.3. The van der Waals surface area contributed by atoms with Crippen molar-refractivity contribution >= 4 is 5.91 Å². The lowest BCUT2D eigenvalue weighted by Crippen LogP contribution is -2.25. The van der Waals surface area contributed by atoms with Gasteiger partial charge in [0.2, 0.25) is 0 Å². The van der Waals surface area contributed by atoms with Crippen LogP contribution in [0, 0.1) is 19.7 Å². The molecule has 1 amide bonds. The summed E-state index contributed by atoms with van der Waals surface area (Å²) in [5.41, 5.74) is 7.16. The number of aliphatic hydroxyl groups is 1. The fourth-order valence-electron chi connectivity index (χ4n) is 4.45. The molecular weight excluding hydrogens is 405 g/mol. The largest absolute Gasteiger partial charge is 0.396 e. The lowest BCUT2D eigenvalue weighted by atomic mass is 9.91. The van der Waals surface area contributed by atoms with Crippen molar-refractivity contribution in [3.8, 4) is 11.3 Å². The van der Waals surface area contributed by atoms with E-state index in [2.05, 4.69) is 18.9 Å². The van der Waals surface area contributed by atoms with Gasteiger partial charge >= 0.3 is 0 Å². The maximum absolute atomic E-state index is 14.9. The van der Waals surface area contributed by atoms with Gasteiger partial charge < -0.3 is 10.0 Å². The molecule has 3 aromatic rings. The molecule has 0 saturated carbocycles. The molecule has 1 aromatic heterocycles. The first kappa shape index (κ1) is 22.2. The summed E-state index contributed by atoms with van der Waals surface area (Å²) in [5.74, 6) is -0.207. The van der Waals surface area contributed by atoms with Gasteiger partial charge in [-0.15, -0.1) is 0 Å². The third kappa shape index (κ3) is 4.32. The highest BCUT2D eigenvalue weighted by molar-refractivity contribution is 5.99. The molecule has 1 aliphatic heterocycles. The van der Waals surface area contributed by atoms with Crippen LogP contribution in [0.1, 0.15) is 57.4 Å². The van der Waals surface area contributed by atoms with Gasteiger partial charge in [-0.3, -0.25) is 9.48 Å². The van der Waals surface area contributed by atoms with Gasteiger partial charge in [0.1, 0.15) is 5.82 Å². The van der Waals surface area contributed by atoms with Gasteiger partial charge in [-0.05, 0) is 79.1 Å². The van der Waals surface area contributed by atoms with Crippen LogP contribution in [0.15, 0.2) is 36.5 Å². The molecule has 5 nitrogen and oxygen atoms in total. The smallest absolute Gasteiger partial charge is 0.254 e. The monoisotopic (exact) mass is 435 g/mol. The van der Waals surface area contributed by atoms with E-state index in [9.17, 15) is 9.18 Å². The third-order valence-electron chi connectivity index (χ3n) is 6.54. The van der Waals surface area contributed by atoms with E-state index in [1.165, 1.54) is 6.07 Å². The van der Waals surface area contributed by atoms with Crippen LogP contribution < -0.4 is 0 Å². The second kappa shape index (κ2) is 9.25.